The van der Waals surface area contributed by atoms with Crippen LogP contribution >= 0.6 is 11.3 Å². The van der Waals surface area contributed by atoms with Gasteiger partial charge in [-0.25, -0.2) is 18.1 Å². The van der Waals surface area contributed by atoms with Gasteiger partial charge in [-0.15, -0.1) is 11.3 Å². The van der Waals surface area contributed by atoms with Gasteiger partial charge in [0.2, 0.25) is 15.9 Å². The molecule has 158 valence electrons. The zero-order valence-corrected chi connectivity index (χ0v) is 18.7. The summed E-state index contributed by atoms with van der Waals surface area (Å²) in [4.78, 5) is 18.4. The summed E-state index contributed by atoms with van der Waals surface area (Å²) in [6.45, 7) is 4.28. The highest BCUT2D eigenvalue weighted by Gasteiger charge is 2.17. The Hall–Kier alpha value is -1.77. The molecule has 8 heteroatoms. The zero-order chi connectivity index (χ0) is 20.9. The number of sulfonamides is 1. The van der Waals surface area contributed by atoms with Gasteiger partial charge in [-0.1, -0.05) is 12.1 Å². The van der Waals surface area contributed by atoms with E-state index in [2.05, 4.69) is 10.0 Å². The summed E-state index contributed by atoms with van der Waals surface area (Å²) in [5.41, 5.74) is 2.85. The number of aryl methyl sites for hydroxylation is 5. The van der Waals surface area contributed by atoms with Gasteiger partial charge in [0, 0.05) is 30.8 Å². The topological polar surface area (TPSA) is 88.2 Å². The van der Waals surface area contributed by atoms with Crippen molar-refractivity contribution < 1.29 is 13.2 Å². The van der Waals surface area contributed by atoms with Crippen molar-refractivity contribution in [2.75, 3.05) is 13.1 Å². The minimum Gasteiger partial charge on any atom is -0.356 e. The van der Waals surface area contributed by atoms with Gasteiger partial charge in [-0.05, 0) is 63.1 Å². The number of hydrogen-bond acceptors (Lipinski definition) is 5. The maximum absolute atomic E-state index is 12.4. The van der Waals surface area contributed by atoms with E-state index in [4.69, 9.17) is 4.98 Å². The highest BCUT2D eigenvalue weighted by Crippen LogP contribution is 2.27. The fourth-order valence-corrected chi connectivity index (χ4v) is 6.00. The summed E-state index contributed by atoms with van der Waals surface area (Å²) in [6, 6.07) is 5.31. The van der Waals surface area contributed by atoms with Gasteiger partial charge in [-0.3, -0.25) is 4.79 Å². The van der Waals surface area contributed by atoms with Crippen molar-refractivity contribution in [2.24, 2.45) is 0 Å². The SMILES string of the molecule is Cc1ccc(C)c(S(=O)(=O)NCCC(=O)NCCCc2nc3c(s2)CCCC3)c1. The van der Waals surface area contributed by atoms with Crippen LogP contribution in [0.3, 0.4) is 0 Å². The van der Waals surface area contributed by atoms with Crippen LogP contribution in [0.1, 0.15) is 52.4 Å². The van der Waals surface area contributed by atoms with Crippen molar-refractivity contribution in [3.8, 4) is 0 Å². The molecule has 0 unspecified atom stereocenters. The van der Waals surface area contributed by atoms with Crippen LogP contribution in [0.4, 0.5) is 0 Å². The first-order chi connectivity index (χ1) is 13.8. The molecule has 1 aromatic heterocycles. The summed E-state index contributed by atoms with van der Waals surface area (Å²) in [5.74, 6) is -0.146. The molecule has 3 rings (SSSR count). The Morgan fingerprint density at radius 2 is 1.97 bits per heavy atom. The molecule has 29 heavy (non-hydrogen) atoms. The lowest BCUT2D eigenvalue weighted by atomic mass is 10.0. The lowest BCUT2D eigenvalue weighted by Crippen LogP contribution is -2.31. The van der Waals surface area contributed by atoms with Crippen LogP contribution in [0, 0.1) is 13.8 Å². The number of benzene rings is 1. The minimum absolute atomic E-state index is 0.0841. The maximum Gasteiger partial charge on any atom is 0.240 e. The second-order valence-electron chi connectivity index (χ2n) is 7.55. The molecule has 1 heterocycles. The first-order valence-electron chi connectivity index (χ1n) is 10.2. The molecule has 0 saturated heterocycles. The molecule has 0 saturated carbocycles. The molecule has 0 spiro atoms. The third-order valence-electron chi connectivity index (χ3n) is 5.06. The molecule has 1 amide bonds. The van der Waals surface area contributed by atoms with Crippen LogP contribution in [0.5, 0.6) is 0 Å². The minimum atomic E-state index is -3.61. The largest absolute Gasteiger partial charge is 0.356 e. The van der Waals surface area contributed by atoms with Crippen LogP contribution < -0.4 is 10.0 Å². The van der Waals surface area contributed by atoms with Crippen molar-refractivity contribution in [1.82, 2.24) is 15.0 Å². The maximum atomic E-state index is 12.4. The summed E-state index contributed by atoms with van der Waals surface area (Å²) in [6.07, 6.45) is 6.58. The highest BCUT2D eigenvalue weighted by atomic mass is 32.2. The summed E-state index contributed by atoms with van der Waals surface area (Å²) in [7, 11) is -3.61. The van der Waals surface area contributed by atoms with Crippen molar-refractivity contribution in [2.45, 2.75) is 63.7 Å². The molecule has 0 fully saturated rings. The van der Waals surface area contributed by atoms with Crippen molar-refractivity contribution in [1.29, 1.82) is 0 Å². The van der Waals surface area contributed by atoms with E-state index in [-0.39, 0.29) is 23.8 Å². The number of aromatic nitrogens is 1. The van der Waals surface area contributed by atoms with Crippen molar-refractivity contribution in [3.63, 3.8) is 0 Å². The third-order valence-corrected chi connectivity index (χ3v) is 7.88. The van der Waals surface area contributed by atoms with Gasteiger partial charge in [0.15, 0.2) is 0 Å². The Bertz CT molecular complexity index is 944. The van der Waals surface area contributed by atoms with E-state index in [0.29, 0.717) is 12.1 Å². The van der Waals surface area contributed by atoms with Gasteiger partial charge in [0.25, 0.3) is 0 Å². The van der Waals surface area contributed by atoms with Gasteiger partial charge in [-0.2, -0.15) is 0 Å². The number of thiazole rings is 1. The molecule has 1 aliphatic carbocycles. The standard InChI is InChI=1S/C21H29N3O3S2/c1-15-9-10-16(2)19(14-15)29(26,27)23-13-11-20(25)22-12-5-8-21-24-17-6-3-4-7-18(17)28-21/h9-10,14,23H,3-8,11-13H2,1-2H3,(H,22,25). The average Bonchev–Trinajstić information content (AvgIpc) is 3.10. The molecule has 0 aliphatic heterocycles. The first-order valence-corrected chi connectivity index (χ1v) is 12.5. The van der Waals surface area contributed by atoms with E-state index in [1.54, 1.807) is 19.1 Å². The van der Waals surface area contributed by atoms with Crippen LogP contribution in [0.2, 0.25) is 0 Å². The second kappa shape index (κ2) is 9.82. The van der Waals surface area contributed by atoms with E-state index in [1.165, 1.54) is 23.4 Å². The van der Waals surface area contributed by atoms with E-state index in [0.717, 1.165) is 36.3 Å². The van der Waals surface area contributed by atoms with Gasteiger partial charge in [0.05, 0.1) is 15.6 Å². The quantitative estimate of drug-likeness (QED) is 0.593. The lowest BCUT2D eigenvalue weighted by molar-refractivity contribution is -0.120. The molecule has 0 bridgehead atoms. The van der Waals surface area contributed by atoms with Crippen molar-refractivity contribution in [3.05, 3.63) is 44.9 Å². The Labute approximate surface area is 177 Å². The summed E-state index contributed by atoms with van der Waals surface area (Å²) >= 11 is 1.81. The van der Waals surface area contributed by atoms with E-state index in [1.807, 2.05) is 24.3 Å². The van der Waals surface area contributed by atoms with E-state index in [9.17, 15) is 13.2 Å². The fraction of sp³-hybridized carbons (Fsp3) is 0.524. The number of fused-ring (bicyclic) bond motifs is 1. The molecule has 0 atom stereocenters. The molecule has 1 aliphatic rings. The summed E-state index contributed by atoms with van der Waals surface area (Å²) in [5, 5.41) is 4.02. The summed E-state index contributed by atoms with van der Waals surface area (Å²) < 4.78 is 27.4. The lowest BCUT2D eigenvalue weighted by Gasteiger charge is -2.10. The Kier molecular flexibility index (Phi) is 7.43. The van der Waals surface area contributed by atoms with Crippen molar-refractivity contribution >= 4 is 27.3 Å². The number of carbonyl (C=O) groups excluding carboxylic acids is 1. The van der Waals surface area contributed by atoms with E-state index >= 15 is 0 Å². The molecule has 1 aromatic carbocycles. The number of amides is 1. The van der Waals surface area contributed by atoms with Crippen LogP contribution in [0.25, 0.3) is 0 Å². The van der Waals surface area contributed by atoms with Gasteiger partial charge in [0.1, 0.15) is 0 Å². The number of hydrogen-bond donors (Lipinski definition) is 2. The second-order valence-corrected chi connectivity index (χ2v) is 10.5. The Morgan fingerprint density at radius 3 is 2.76 bits per heavy atom. The van der Waals surface area contributed by atoms with Crippen LogP contribution in [-0.2, 0) is 34.1 Å². The Morgan fingerprint density at radius 1 is 1.17 bits per heavy atom. The molecular weight excluding hydrogens is 406 g/mol. The molecule has 2 aromatic rings. The number of carbonyl (C=O) groups is 1. The van der Waals surface area contributed by atoms with Crippen LogP contribution in [0.15, 0.2) is 23.1 Å². The Balaban J connectivity index is 1.36. The number of rotatable bonds is 9. The van der Waals surface area contributed by atoms with Gasteiger partial charge >= 0.3 is 0 Å². The monoisotopic (exact) mass is 435 g/mol. The fourth-order valence-electron chi connectivity index (χ4n) is 3.44. The first kappa shape index (κ1) is 21.9. The predicted molar refractivity (Wildman–Crippen MR) is 116 cm³/mol. The third kappa shape index (κ3) is 6.10. The number of nitrogens with one attached hydrogen (secondary N) is 2. The molecule has 0 radical (unpaired) electrons. The normalized spacial score (nSPS) is 13.9. The smallest absolute Gasteiger partial charge is 0.240 e. The predicted octanol–water partition coefficient (Wildman–Crippen LogP) is 3.06. The average molecular weight is 436 g/mol. The van der Waals surface area contributed by atoms with Gasteiger partial charge < -0.3 is 5.32 Å². The highest BCUT2D eigenvalue weighted by molar-refractivity contribution is 7.89. The van der Waals surface area contributed by atoms with E-state index < -0.39 is 10.0 Å². The zero-order valence-electron chi connectivity index (χ0n) is 17.1. The molecule has 2 N–H and O–H groups in total. The molecular formula is C21H29N3O3S2. The van der Waals surface area contributed by atoms with Crippen LogP contribution in [-0.4, -0.2) is 32.4 Å². The number of nitrogens with zero attached hydrogens (tertiary/aromatic N) is 1. The molecule has 6 nitrogen and oxygen atoms in total.